The molecule has 0 bridgehead atoms. The molecule has 1 saturated heterocycles. The fraction of sp³-hybridized carbons (Fsp3) is 0.526. The van der Waals surface area contributed by atoms with Gasteiger partial charge in [0.15, 0.2) is 0 Å². The molecule has 2 aromatic rings. The number of ether oxygens (including phenoxy) is 1. The third-order valence-corrected chi connectivity index (χ3v) is 5.25. The molecule has 1 aliphatic rings. The summed E-state index contributed by atoms with van der Waals surface area (Å²) in [6.45, 7) is 6.55. The maximum absolute atomic E-state index is 12.2. The first kappa shape index (κ1) is 29.1. The molecule has 0 aromatic carbocycles. The molecule has 0 saturated carbocycles. The largest absolute Gasteiger partial charge is 0.444 e. The summed E-state index contributed by atoms with van der Waals surface area (Å²) in [6, 6.07) is 0.0266. The third kappa shape index (κ3) is 8.84. The van der Waals surface area contributed by atoms with Gasteiger partial charge in [-0.1, -0.05) is 11.6 Å². The zero-order valence-corrected chi connectivity index (χ0v) is 21.7. The number of amides is 1. The quantitative estimate of drug-likeness (QED) is 0.217. The van der Waals surface area contributed by atoms with Gasteiger partial charge in [-0.15, -0.1) is 0 Å². The average molecular weight is 566 g/mol. The molecule has 17 heteroatoms. The van der Waals surface area contributed by atoms with Gasteiger partial charge in [0.25, 0.3) is 0 Å². The maximum Gasteiger partial charge on any atom is 0.410 e. The molecule has 1 aliphatic heterocycles. The van der Waals surface area contributed by atoms with Gasteiger partial charge < -0.3 is 15.0 Å². The Morgan fingerprint density at radius 3 is 2.25 bits per heavy atom. The summed E-state index contributed by atoms with van der Waals surface area (Å²) >= 11 is 16.3. The lowest BCUT2D eigenvalue weighted by Gasteiger charge is -2.28. The van der Waals surface area contributed by atoms with Gasteiger partial charge in [-0.05, 0) is 63.2 Å². The Labute approximate surface area is 220 Å². The van der Waals surface area contributed by atoms with Crippen molar-refractivity contribution < 1.29 is 19.4 Å². The van der Waals surface area contributed by atoms with Gasteiger partial charge in [0.2, 0.25) is 21.5 Å². The molecule has 1 N–H and O–H groups in total. The second-order valence-electron chi connectivity index (χ2n) is 8.39. The van der Waals surface area contributed by atoms with E-state index in [4.69, 9.17) is 39.5 Å². The molecule has 2 aromatic heterocycles. The van der Waals surface area contributed by atoms with Crippen LogP contribution in [0.2, 0.25) is 15.7 Å². The van der Waals surface area contributed by atoms with Crippen molar-refractivity contribution in [3.05, 3.63) is 48.3 Å². The number of carbonyl (C=O) groups excluding carboxylic acids is 1. The monoisotopic (exact) mass is 564 g/mol. The number of nitrogens with zero attached hydrogens (tertiary/aromatic N) is 7. The SMILES string of the molecule is CC(C)(C)OC(=O)N1CCCC1CCNc1nc(Cl)ncc1[N+](=O)[O-].O=[N+]([O-])c1cnc(Cl)nc1Cl. The number of rotatable bonds is 6. The Kier molecular flexibility index (Phi) is 10.3. The van der Waals surface area contributed by atoms with Crippen LogP contribution in [0, 0.1) is 20.2 Å². The number of hydrogen-bond donors (Lipinski definition) is 1. The number of nitrogens with one attached hydrogen (secondary N) is 1. The molecule has 1 unspecified atom stereocenters. The Balaban J connectivity index is 0.000000346. The number of halogens is 3. The molecule has 0 radical (unpaired) electrons. The van der Waals surface area contributed by atoms with Crippen LogP contribution in [-0.4, -0.2) is 65.5 Å². The summed E-state index contributed by atoms with van der Waals surface area (Å²) in [6.07, 6.45) is 4.10. The van der Waals surface area contributed by atoms with E-state index in [1.165, 1.54) is 0 Å². The first-order valence-corrected chi connectivity index (χ1v) is 11.6. The molecule has 0 spiro atoms. The second-order valence-corrected chi connectivity index (χ2v) is 9.42. The van der Waals surface area contributed by atoms with Gasteiger partial charge in [-0.2, -0.15) is 9.97 Å². The van der Waals surface area contributed by atoms with Crippen LogP contribution in [0.25, 0.3) is 0 Å². The van der Waals surface area contributed by atoms with Crippen molar-refractivity contribution >= 4 is 58.1 Å². The van der Waals surface area contributed by atoms with Crippen LogP contribution in [0.3, 0.4) is 0 Å². The summed E-state index contributed by atoms with van der Waals surface area (Å²) in [5.41, 5.74) is -1.13. The van der Waals surface area contributed by atoms with E-state index in [0.29, 0.717) is 19.5 Å². The standard InChI is InChI=1S/C15H22ClN5O4.C4HCl2N3O2/c1-15(2,3)25-14(22)20-8-4-5-10(20)6-7-17-12-11(21(23)24)9-18-13(16)19-12;5-3-2(9(10)11)1-7-4(6)8-3/h9-10H,4-8H2,1-3H3,(H,17,18,19);1H. The number of likely N-dealkylation sites (tertiary alicyclic amines) is 1. The molecule has 1 fully saturated rings. The molecule has 36 heavy (non-hydrogen) atoms. The van der Waals surface area contributed by atoms with E-state index in [9.17, 15) is 25.0 Å². The minimum absolute atomic E-state index is 0.0266. The highest BCUT2D eigenvalue weighted by atomic mass is 35.5. The molecule has 1 atom stereocenters. The normalized spacial score (nSPS) is 15.1. The van der Waals surface area contributed by atoms with Gasteiger partial charge in [0.1, 0.15) is 18.0 Å². The van der Waals surface area contributed by atoms with Crippen molar-refractivity contribution in [1.82, 2.24) is 24.8 Å². The summed E-state index contributed by atoms with van der Waals surface area (Å²) in [5.74, 6) is 0.0758. The van der Waals surface area contributed by atoms with Crippen LogP contribution in [0.1, 0.15) is 40.0 Å². The molecular formula is C19H23Cl3N8O6. The van der Waals surface area contributed by atoms with Gasteiger partial charge in [0, 0.05) is 19.1 Å². The zero-order valence-electron chi connectivity index (χ0n) is 19.5. The summed E-state index contributed by atoms with van der Waals surface area (Å²) in [7, 11) is 0. The average Bonchev–Trinajstić information content (AvgIpc) is 3.21. The topological polar surface area (TPSA) is 179 Å². The van der Waals surface area contributed by atoms with Gasteiger partial charge in [0.05, 0.1) is 9.85 Å². The number of aromatic nitrogens is 4. The predicted molar refractivity (Wildman–Crippen MR) is 131 cm³/mol. The van der Waals surface area contributed by atoms with Crippen LogP contribution in [-0.2, 0) is 4.74 Å². The lowest BCUT2D eigenvalue weighted by Crippen LogP contribution is -2.40. The highest BCUT2D eigenvalue weighted by Gasteiger charge is 2.32. The van der Waals surface area contributed by atoms with Crippen LogP contribution >= 0.6 is 34.8 Å². The van der Waals surface area contributed by atoms with E-state index in [2.05, 4.69) is 25.3 Å². The highest BCUT2D eigenvalue weighted by molar-refractivity contribution is 6.33. The van der Waals surface area contributed by atoms with E-state index in [-0.39, 0.29) is 45.0 Å². The van der Waals surface area contributed by atoms with Crippen molar-refractivity contribution in [2.45, 2.75) is 51.7 Å². The van der Waals surface area contributed by atoms with Crippen molar-refractivity contribution in [3.8, 4) is 0 Å². The van der Waals surface area contributed by atoms with Gasteiger partial charge in [-0.25, -0.2) is 14.8 Å². The second kappa shape index (κ2) is 12.7. The number of nitro groups is 2. The van der Waals surface area contributed by atoms with Crippen molar-refractivity contribution in [3.63, 3.8) is 0 Å². The number of hydrogen-bond acceptors (Lipinski definition) is 11. The minimum Gasteiger partial charge on any atom is -0.444 e. The van der Waals surface area contributed by atoms with E-state index >= 15 is 0 Å². The van der Waals surface area contributed by atoms with E-state index < -0.39 is 15.4 Å². The van der Waals surface area contributed by atoms with Crippen LogP contribution in [0.5, 0.6) is 0 Å². The summed E-state index contributed by atoms with van der Waals surface area (Å²) in [4.78, 5) is 48.1. The lowest BCUT2D eigenvalue weighted by molar-refractivity contribution is -0.385. The van der Waals surface area contributed by atoms with Crippen LogP contribution < -0.4 is 5.32 Å². The van der Waals surface area contributed by atoms with Crippen LogP contribution in [0.15, 0.2) is 12.4 Å². The van der Waals surface area contributed by atoms with E-state index in [0.717, 1.165) is 25.2 Å². The Bertz CT molecular complexity index is 1120. The molecule has 0 aliphatic carbocycles. The third-order valence-electron chi connectivity index (χ3n) is 4.60. The minimum atomic E-state index is -0.682. The number of carbonyl (C=O) groups is 1. The smallest absolute Gasteiger partial charge is 0.410 e. The molecule has 3 rings (SSSR count). The molecule has 3 heterocycles. The van der Waals surface area contributed by atoms with Gasteiger partial charge >= 0.3 is 17.5 Å². The molecule has 196 valence electrons. The lowest BCUT2D eigenvalue weighted by atomic mass is 10.1. The molecule has 14 nitrogen and oxygen atoms in total. The van der Waals surface area contributed by atoms with Crippen molar-refractivity contribution in [2.24, 2.45) is 0 Å². The van der Waals surface area contributed by atoms with Gasteiger partial charge in [-0.3, -0.25) is 20.2 Å². The van der Waals surface area contributed by atoms with Crippen molar-refractivity contribution in [2.75, 3.05) is 18.4 Å². The summed E-state index contributed by atoms with van der Waals surface area (Å²) in [5, 5.41) is 23.6. The van der Waals surface area contributed by atoms with Crippen LogP contribution in [0.4, 0.5) is 22.0 Å². The van der Waals surface area contributed by atoms with Crippen molar-refractivity contribution in [1.29, 1.82) is 0 Å². The Hall–Kier alpha value is -3.10. The van der Waals surface area contributed by atoms with E-state index in [1.54, 1.807) is 4.90 Å². The Morgan fingerprint density at radius 2 is 1.69 bits per heavy atom. The first-order valence-electron chi connectivity index (χ1n) is 10.5. The predicted octanol–water partition coefficient (Wildman–Crippen LogP) is 4.93. The molecular weight excluding hydrogens is 543 g/mol. The Morgan fingerprint density at radius 1 is 1.11 bits per heavy atom. The van der Waals surface area contributed by atoms with E-state index in [1.807, 2.05) is 20.8 Å². The maximum atomic E-state index is 12.2. The molecule has 1 amide bonds. The summed E-state index contributed by atoms with van der Waals surface area (Å²) < 4.78 is 5.42. The zero-order chi connectivity index (χ0) is 27.0. The highest BCUT2D eigenvalue weighted by Crippen LogP contribution is 2.25. The number of anilines is 1. The first-order chi connectivity index (χ1) is 16.8. The fourth-order valence-electron chi connectivity index (χ4n) is 3.13. The fourth-order valence-corrected chi connectivity index (χ4v) is 3.64.